The smallest absolute Gasteiger partial charge is 0.266 e. The highest BCUT2D eigenvalue weighted by Crippen LogP contribution is 2.20. The predicted octanol–water partition coefficient (Wildman–Crippen LogP) is 4.18. The number of carbonyl (C=O) groups is 1. The van der Waals surface area contributed by atoms with E-state index in [-0.39, 0.29) is 11.5 Å². The van der Waals surface area contributed by atoms with E-state index in [1.807, 2.05) is 37.3 Å². The number of benzene rings is 1. The Kier molecular flexibility index (Phi) is 8.26. The highest BCUT2D eigenvalue weighted by molar-refractivity contribution is 6.09. The fourth-order valence-corrected chi connectivity index (χ4v) is 3.99. The van der Waals surface area contributed by atoms with Gasteiger partial charge in [-0.3, -0.25) is 9.69 Å². The summed E-state index contributed by atoms with van der Waals surface area (Å²) in [4.78, 5) is 15.1. The lowest BCUT2D eigenvalue weighted by molar-refractivity contribution is -0.112. The van der Waals surface area contributed by atoms with E-state index in [1.54, 1.807) is 6.08 Å². The first-order valence-electron chi connectivity index (χ1n) is 11.4. The fourth-order valence-electron chi connectivity index (χ4n) is 3.99. The predicted molar refractivity (Wildman–Crippen MR) is 128 cm³/mol. The second kappa shape index (κ2) is 11.1. The van der Waals surface area contributed by atoms with Gasteiger partial charge >= 0.3 is 0 Å². The van der Waals surface area contributed by atoms with Crippen molar-refractivity contribution in [2.45, 2.75) is 40.7 Å². The van der Waals surface area contributed by atoms with Crippen LogP contribution in [-0.4, -0.2) is 48.2 Å². The van der Waals surface area contributed by atoms with Crippen LogP contribution in [0.1, 0.15) is 36.4 Å². The van der Waals surface area contributed by atoms with Gasteiger partial charge in [0, 0.05) is 43.3 Å². The van der Waals surface area contributed by atoms with Crippen LogP contribution < -0.4 is 5.32 Å². The molecule has 0 saturated carbocycles. The summed E-state index contributed by atoms with van der Waals surface area (Å²) in [6, 6.07) is 12.0. The van der Waals surface area contributed by atoms with Gasteiger partial charge in [-0.2, -0.15) is 5.26 Å². The summed E-state index contributed by atoms with van der Waals surface area (Å²) < 4.78 is 7.62. The van der Waals surface area contributed by atoms with Gasteiger partial charge in [-0.1, -0.05) is 26.0 Å². The minimum absolute atomic E-state index is 0.103. The summed E-state index contributed by atoms with van der Waals surface area (Å²) in [5, 5.41) is 12.4. The van der Waals surface area contributed by atoms with Crippen molar-refractivity contribution in [2.24, 2.45) is 5.92 Å². The van der Waals surface area contributed by atoms with Crippen LogP contribution in [0.15, 0.2) is 35.9 Å². The lowest BCUT2D eigenvalue weighted by Gasteiger charge is -2.26. The Bertz CT molecular complexity index is 990. The zero-order valence-electron chi connectivity index (χ0n) is 19.6. The van der Waals surface area contributed by atoms with E-state index < -0.39 is 0 Å². The molecule has 1 fully saturated rings. The van der Waals surface area contributed by atoms with Gasteiger partial charge in [0.15, 0.2) is 0 Å². The number of morpholine rings is 1. The van der Waals surface area contributed by atoms with Crippen LogP contribution in [0.3, 0.4) is 0 Å². The van der Waals surface area contributed by atoms with Crippen molar-refractivity contribution < 1.29 is 9.53 Å². The Balaban J connectivity index is 1.63. The molecule has 2 aromatic rings. The third-order valence-electron chi connectivity index (χ3n) is 5.86. The molecule has 0 unspecified atom stereocenters. The fraction of sp³-hybridized carbons (Fsp3) is 0.462. The third-order valence-corrected chi connectivity index (χ3v) is 5.86. The molecule has 0 bridgehead atoms. The number of carbonyl (C=O) groups excluding carboxylic acids is 1. The topological polar surface area (TPSA) is 70.3 Å². The Morgan fingerprint density at radius 3 is 2.53 bits per heavy atom. The first-order chi connectivity index (χ1) is 15.4. The molecule has 2 heterocycles. The Morgan fingerprint density at radius 1 is 1.22 bits per heavy atom. The molecule has 0 spiro atoms. The van der Waals surface area contributed by atoms with E-state index >= 15 is 0 Å². The number of amides is 1. The molecule has 0 aliphatic carbocycles. The Morgan fingerprint density at radius 2 is 1.91 bits per heavy atom. The average molecular weight is 435 g/mol. The first-order valence-corrected chi connectivity index (χ1v) is 11.4. The third kappa shape index (κ3) is 6.32. The summed E-state index contributed by atoms with van der Waals surface area (Å²) in [5.41, 5.74) is 5.13. The lowest BCUT2D eigenvalue weighted by atomic mass is 10.1. The summed E-state index contributed by atoms with van der Waals surface area (Å²) in [5.74, 6) is 0.134. The molecule has 1 aromatic carbocycles. The number of aryl methyl sites for hydroxylation is 1. The van der Waals surface area contributed by atoms with Crippen LogP contribution in [0.2, 0.25) is 0 Å². The molecule has 1 saturated heterocycles. The van der Waals surface area contributed by atoms with Crippen molar-refractivity contribution in [3.63, 3.8) is 0 Å². The quantitative estimate of drug-likeness (QED) is 0.500. The standard InChI is InChI=1S/C26H34N4O2/c1-19(2)18-30-20(3)15-23(21(30)4)16-24(17-27)26(31)28-25-7-5-22(6-8-25)9-10-29-11-13-32-14-12-29/h5-8,15-16,19H,9-14,18H2,1-4H3,(H,28,31)/b24-16+. The molecule has 0 atom stereocenters. The van der Waals surface area contributed by atoms with Gasteiger partial charge in [-0.25, -0.2) is 0 Å². The SMILES string of the molecule is Cc1cc(/C=C(\C#N)C(=O)Nc2ccc(CCN3CCOCC3)cc2)c(C)n1CC(C)C. The number of rotatable bonds is 8. The van der Waals surface area contributed by atoms with Gasteiger partial charge < -0.3 is 14.6 Å². The second-order valence-electron chi connectivity index (χ2n) is 8.86. The van der Waals surface area contributed by atoms with Crippen LogP contribution in [0.4, 0.5) is 5.69 Å². The van der Waals surface area contributed by atoms with E-state index in [0.29, 0.717) is 11.6 Å². The van der Waals surface area contributed by atoms with Crippen molar-refractivity contribution in [2.75, 3.05) is 38.2 Å². The second-order valence-corrected chi connectivity index (χ2v) is 8.86. The number of hydrogen-bond acceptors (Lipinski definition) is 4. The normalized spacial score (nSPS) is 15.1. The molecule has 1 aromatic heterocycles. The molecule has 1 N–H and O–H groups in total. The van der Waals surface area contributed by atoms with Crippen LogP contribution in [0, 0.1) is 31.1 Å². The number of aromatic nitrogens is 1. The van der Waals surface area contributed by atoms with E-state index in [4.69, 9.17) is 4.74 Å². The maximum absolute atomic E-state index is 12.7. The van der Waals surface area contributed by atoms with Gasteiger partial charge in [0.25, 0.3) is 5.91 Å². The van der Waals surface area contributed by atoms with Crippen LogP contribution in [-0.2, 0) is 22.5 Å². The van der Waals surface area contributed by atoms with E-state index in [9.17, 15) is 10.1 Å². The van der Waals surface area contributed by atoms with Crippen molar-refractivity contribution in [3.8, 4) is 6.07 Å². The largest absolute Gasteiger partial charge is 0.379 e. The monoisotopic (exact) mass is 434 g/mol. The number of anilines is 1. The van der Waals surface area contributed by atoms with Crippen LogP contribution in [0.25, 0.3) is 6.08 Å². The zero-order chi connectivity index (χ0) is 23.1. The van der Waals surface area contributed by atoms with Crippen LogP contribution >= 0.6 is 0 Å². The molecule has 3 rings (SSSR count). The number of nitrogens with one attached hydrogen (secondary N) is 1. The molecule has 32 heavy (non-hydrogen) atoms. The van der Waals surface area contributed by atoms with Crippen molar-refractivity contribution in [1.29, 1.82) is 5.26 Å². The summed E-state index contributed by atoms with van der Waals surface area (Å²) >= 11 is 0. The summed E-state index contributed by atoms with van der Waals surface area (Å²) in [7, 11) is 0. The molecular weight excluding hydrogens is 400 g/mol. The molecule has 170 valence electrons. The van der Waals surface area contributed by atoms with E-state index in [2.05, 4.69) is 41.6 Å². The van der Waals surface area contributed by atoms with Gasteiger partial charge in [-0.05, 0) is 61.6 Å². The number of nitrogens with zero attached hydrogens (tertiary/aromatic N) is 3. The highest BCUT2D eigenvalue weighted by atomic mass is 16.5. The van der Waals surface area contributed by atoms with Gasteiger partial charge in [0.2, 0.25) is 0 Å². The Labute approximate surface area is 191 Å². The first kappa shape index (κ1) is 23.8. The Hall–Kier alpha value is -2.88. The summed E-state index contributed by atoms with van der Waals surface area (Å²) in [6.45, 7) is 13.9. The molecule has 1 amide bonds. The molecular formula is C26H34N4O2. The van der Waals surface area contributed by atoms with Crippen molar-refractivity contribution in [1.82, 2.24) is 9.47 Å². The van der Waals surface area contributed by atoms with Crippen molar-refractivity contribution >= 4 is 17.7 Å². The summed E-state index contributed by atoms with van der Waals surface area (Å²) in [6.07, 6.45) is 2.65. The minimum Gasteiger partial charge on any atom is -0.379 e. The molecule has 1 aliphatic rings. The van der Waals surface area contributed by atoms with E-state index in [0.717, 1.165) is 62.8 Å². The number of nitriles is 1. The van der Waals surface area contributed by atoms with Gasteiger partial charge in [0.05, 0.1) is 13.2 Å². The number of ether oxygens (including phenoxy) is 1. The minimum atomic E-state index is -0.387. The molecule has 6 heteroatoms. The lowest BCUT2D eigenvalue weighted by Crippen LogP contribution is -2.37. The zero-order valence-corrected chi connectivity index (χ0v) is 19.6. The van der Waals surface area contributed by atoms with Gasteiger partial charge in [0.1, 0.15) is 11.6 Å². The maximum atomic E-state index is 12.7. The molecule has 0 radical (unpaired) electrons. The molecule has 1 aliphatic heterocycles. The van der Waals surface area contributed by atoms with Crippen LogP contribution in [0.5, 0.6) is 0 Å². The van der Waals surface area contributed by atoms with Crippen molar-refractivity contribution in [3.05, 3.63) is 58.4 Å². The molecule has 6 nitrogen and oxygen atoms in total. The average Bonchev–Trinajstić information content (AvgIpc) is 3.04. The number of hydrogen-bond donors (Lipinski definition) is 1. The highest BCUT2D eigenvalue weighted by Gasteiger charge is 2.14. The van der Waals surface area contributed by atoms with Gasteiger partial charge in [-0.15, -0.1) is 0 Å². The maximum Gasteiger partial charge on any atom is 0.266 e. The van der Waals surface area contributed by atoms with E-state index in [1.165, 1.54) is 5.56 Å².